The largest absolute Gasteiger partial charge is 0.497 e. The minimum absolute atomic E-state index is 0.0565. The summed E-state index contributed by atoms with van der Waals surface area (Å²) in [5.41, 5.74) is 4.20. The summed E-state index contributed by atoms with van der Waals surface area (Å²) < 4.78 is 18.1. The predicted octanol–water partition coefficient (Wildman–Crippen LogP) is 4.66. The number of aromatic nitrogens is 1. The van der Waals surface area contributed by atoms with E-state index in [0.29, 0.717) is 37.5 Å². The van der Waals surface area contributed by atoms with E-state index in [0.717, 1.165) is 34.1 Å². The lowest BCUT2D eigenvalue weighted by molar-refractivity contribution is 0.0518. The van der Waals surface area contributed by atoms with Crippen LogP contribution in [0.1, 0.15) is 26.6 Å². The number of carbonyl (C=O) groups is 2. The molecule has 1 aliphatic heterocycles. The van der Waals surface area contributed by atoms with Crippen LogP contribution in [0.2, 0.25) is 0 Å². The quantitative estimate of drug-likeness (QED) is 0.386. The monoisotopic (exact) mass is 499 g/mol. The Kier molecular flexibility index (Phi) is 6.72. The minimum Gasteiger partial charge on any atom is -0.497 e. The van der Waals surface area contributed by atoms with Crippen molar-refractivity contribution < 1.29 is 23.5 Å². The van der Waals surface area contributed by atoms with Crippen LogP contribution in [0, 0.1) is 6.92 Å². The first kappa shape index (κ1) is 24.2. The zero-order valence-electron chi connectivity index (χ0n) is 21.1. The molecule has 1 aliphatic rings. The Labute approximate surface area is 215 Å². The molecular formula is C29H29N3O5. The zero-order chi connectivity index (χ0) is 25.9. The van der Waals surface area contributed by atoms with Crippen LogP contribution in [0.25, 0.3) is 16.9 Å². The maximum Gasteiger partial charge on any atom is 0.289 e. The molecule has 8 heteroatoms. The maximum absolute atomic E-state index is 13.7. The van der Waals surface area contributed by atoms with Crippen molar-refractivity contribution in [2.45, 2.75) is 6.92 Å². The van der Waals surface area contributed by atoms with E-state index in [1.165, 1.54) is 6.26 Å². The highest BCUT2D eigenvalue weighted by atomic mass is 16.5. The lowest BCUT2D eigenvalue weighted by atomic mass is 10.1. The Balaban J connectivity index is 1.46. The van der Waals surface area contributed by atoms with Gasteiger partial charge in [-0.3, -0.25) is 9.59 Å². The Morgan fingerprint density at radius 1 is 0.784 bits per heavy atom. The lowest BCUT2D eigenvalue weighted by Crippen LogP contribution is -2.50. The van der Waals surface area contributed by atoms with E-state index in [1.807, 2.05) is 66.4 Å². The van der Waals surface area contributed by atoms with Gasteiger partial charge in [-0.25, -0.2) is 0 Å². The third kappa shape index (κ3) is 4.70. The van der Waals surface area contributed by atoms with Gasteiger partial charge in [-0.05, 0) is 67.1 Å². The first-order valence-corrected chi connectivity index (χ1v) is 12.1. The van der Waals surface area contributed by atoms with Crippen molar-refractivity contribution in [3.8, 4) is 28.4 Å². The number of amides is 2. The predicted molar refractivity (Wildman–Crippen MR) is 140 cm³/mol. The van der Waals surface area contributed by atoms with E-state index in [4.69, 9.17) is 13.9 Å². The number of piperazine rings is 1. The van der Waals surface area contributed by atoms with E-state index in [9.17, 15) is 9.59 Å². The molecular weight excluding hydrogens is 470 g/mol. The van der Waals surface area contributed by atoms with Crippen molar-refractivity contribution in [3.05, 3.63) is 90.0 Å². The molecule has 0 unspecified atom stereocenters. The summed E-state index contributed by atoms with van der Waals surface area (Å²) in [6, 6.07) is 20.9. The Bertz CT molecular complexity index is 1400. The highest BCUT2D eigenvalue weighted by Gasteiger charge is 2.29. The molecule has 4 aromatic rings. The number of benzene rings is 2. The van der Waals surface area contributed by atoms with E-state index >= 15 is 0 Å². The van der Waals surface area contributed by atoms with Gasteiger partial charge in [0.15, 0.2) is 5.76 Å². The van der Waals surface area contributed by atoms with Crippen molar-refractivity contribution in [1.82, 2.24) is 14.4 Å². The second kappa shape index (κ2) is 10.3. The molecule has 0 atom stereocenters. The van der Waals surface area contributed by atoms with Crippen LogP contribution in [-0.2, 0) is 0 Å². The summed E-state index contributed by atoms with van der Waals surface area (Å²) >= 11 is 0. The fraction of sp³-hybridized carbons (Fsp3) is 0.241. The Hall–Kier alpha value is -4.46. The molecule has 0 bridgehead atoms. The zero-order valence-corrected chi connectivity index (χ0v) is 21.1. The smallest absolute Gasteiger partial charge is 0.289 e. The van der Waals surface area contributed by atoms with Crippen LogP contribution in [0.5, 0.6) is 11.5 Å². The summed E-state index contributed by atoms with van der Waals surface area (Å²) in [5, 5.41) is 0. The molecule has 0 N–H and O–H groups in total. The van der Waals surface area contributed by atoms with Crippen LogP contribution in [0.4, 0.5) is 0 Å². The molecule has 2 aromatic heterocycles. The number of methoxy groups -OCH3 is 2. The van der Waals surface area contributed by atoms with Crippen molar-refractivity contribution in [2.75, 3.05) is 40.4 Å². The molecule has 5 rings (SSSR count). The number of carbonyl (C=O) groups excluding carboxylic acids is 2. The lowest BCUT2D eigenvalue weighted by Gasteiger charge is -2.34. The molecule has 2 aromatic carbocycles. The van der Waals surface area contributed by atoms with Gasteiger partial charge in [0.25, 0.3) is 11.8 Å². The highest BCUT2D eigenvalue weighted by molar-refractivity contribution is 5.98. The number of furan rings is 1. The van der Waals surface area contributed by atoms with E-state index in [1.54, 1.807) is 31.3 Å². The van der Waals surface area contributed by atoms with Crippen molar-refractivity contribution >= 4 is 11.8 Å². The molecule has 0 saturated carbocycles. The molecule has 0 spiro atoms. The van der Waals surface area contributed by atoms with Gasteiger partial charge in [0.1, 0.15) is 11.5 Å². The third-order valence-electron chi connectivity index (χ3n) is 6.76. The number of nitrogens with zero attached hydrogens (tertiary/aromatic N) is 3. The van der Waals surface area contributed by atoms with Crippen LogP contribution in [0.3, 0.4) is 0 Å². The van der Waals surface area contributed by atoms with Gasteiger partial charge in [-0.15, -0.1) is 0 Å². The van der Waals surface area contributed by atoms with Crippen molar-refractivity contribution in [2.24, 2.45) is 0 Å². The van der Waals surface area contributed by atoms with Gasteiger partial charge in [0.2, 0.25) is 0 Å². The van der Waals surface area contributed by atoms with Crippen molar-refractivity contribution in [3.63, 3.8) is 0 Å². The third-order valence-corrected chi connectivity index (χ3v) is 6.76. The molecule has 1 fully saturated rings. The summed E-state index contributed by atoms with van der Waals surface area (Å²) in [5.74, 6) is 1.60. The standard InChI is InChI=1S/C29H29N3O5/c1-20-25(28(33)30-13-15-31(16-14-30)29(34)27-8-5-17-37-27)19-26(21-9-11-23(35-2)12-10-21)32(20)22-6-4-7-24(18-22)36-3/h4-12,17-19H,13-16H2,1-3H3. The second-order valence-electron chi connectivity index (χ2n) is 8.86. The average Bonchev–Trinajstić information content (AvgIpc) is 3.61. The van der Waals surface area contributed by atoms with Gasteiger partial charge < -0.3 is 28.3 Å². The average molecular weight is 500 g/mol. The van der Waals surface area contributed by atoms with Gasteiger partial charge in [0.05, 0.1) is 31.7 Å². The molecule has 0 aliphatic carbocycles. The van der Waals surface area contributed by atoms with Crippen LogP contribution in [0.15, 0.2) is 77.4 Å². The van der Waals surface area contributed by atoms with Gasteiger partial charge in [-0.2, -0.15) is 0 Å². The molecule has 1 saturated heterocycles. The normalized spacial score (nSPS) is 13.5. The first-order chi connectivity index (χ1) is 18.0. The number of hydrogen-bond acceptors (Lipinski definition) is 5. The topological polar surface area (TPSA) is 77.2 Å². The molecule has 37 heavy (non-hydrogen) atoms. The molecule has 3 heterocycles. The molecule has 2 amide bonds. The number of ether oxygens (including phenoxy) is 2. The Morgan fingerprint density at radius 2 is 1.46 bits per heavy atom. The number of rotatable bonds is 6. The van der Waals surface area contributed by atoms with E-state index in [-0.39, 0.29) is 11.8 Å². The van der Waals surface area contributed by atoms with Crippen LogP contribution >= 0.6 is 0 Å². The van der Waals surface area contributed by atoms with Crippen LogP contribution in [-0.4, -0.2) is 66.6 Å². The molecule has 190 valence electrons. The van der Waals surface area contributed by atoms with Gasteiger partial charge in [-0.1, -0.05) is 6.07 Å². The highest BCUT2D eigenvalue weighted by Crippen LogP contribution is 2.32. The maximum atomic E-state index is 13.7. The minimum atomic E-state index is -0.153. The summed E-state index contributed by atoms with van der Waals surface area (Å²) in [6.45, 7) is 3.76. The van der Waals surface area contributed by atoms with E-state index in [2.05, 4.69) is 4.57 Å². The van der Waals surface area contributed by atoms with Crippen LogP contribution < -0.4 is 9.47 Å². The SMILES string of the molecule is COc1ccc(-c2cc(C(=O)N3CCN(C(=O)c4ccco4)CC3)c(C)n2-c2cccc(OC)c2)cc1. The summed E-state index contributed by atoms with van der Waals surface area (Å²) in [4.78, 5) is 29.9. The van der Waals surface area contributed by atoms with Gasteiger partial charge >= 0.3 is 0 Å². The molecule has 8 nitrogen and oxygen atoms in total. The summed E-state index contributed by atoms with van der Waals surface area (Å²) in [7, 11) is 3.27. The second-order valence-corrected chi connectivity index (χ2v) is 8.86. The Morgan fingerprint density at radius 3 is 2.08 bits per heavy atom. The van der Waals surface area contributed by atoms with E-state index < -0.39 is 0 Å². The molecule has 0 radical (unpaired) electrons. The van der Waals surface area contributed by atoms with Gasteiger partial charge in [0, 0.05) is 43.6 Å². The number of hydrogen-bond donors (Lipinski definition) is 0. The van der Waals surface area contributed by atoms with Crippen molar-refractivity contribution in [1.29, 1.82) is 0 Å². The summed E-state index contributed by atoms with van der Waals surface area (Å²) in [6.07, 6.45) is 1.49. The fourth-order valence-electron chi connectivity index (χ4n) is 4.72. The first-order valence-electron chi connectivity index (χ1n) is 12.1. The fourth-order valence-corrected chi connectivity index (χ4v) is 4.72.